The number of aromatic nitrogens is 2. The number of hydrogen-bond donors (Lipinski definition) is 1. The van der Waals surface area contributed by atoms with Gasteiger partial charge in [-0.3, -0.25) is 14.5 Å². The van der Waals surface area contributed by atoms with Crippen molar-refractivity contribution in [2.45, 2.75) is 39.7 Å². The van der Waals surface area contributed by atoms with Gasteiger partial charge in [-0.25, -0.2) is 13.3 Å². The molecule has 3 aromatic rings. The predicted octanol–water partition coefficient (Wildman–Crippen LogP) is 3.59. The average Bonchev–Trinajstić information content (AvgIpc) is 3.13. The number of nitrogens with zero attached hydrogens (tertiary/aromatic N) is 3. The van der Waals surface area contributed by atoms with Crippen molar-refractivity contribution >= 4 is 17.2 Å². The summed E-state index contributed by atoms with van der Waals surface area (Å²) in [4.78, 5) is 27.4. The third-order valence-electron chi connectivity index (χ3n) is 5.99. The quantitative estimate of drug-likeness (QED) is 0.510. The topological polar surface area (TPSA) is 75.9 Å². The van der Waals surface area contributed by atoms with Gasteiger partial charge in [-0.05, 0) is 63.5 Å². The Morgan fingerprint density at radius 2 is 1.79 bits per heavy atom. The number of amides is 1. The number of halogens is 2. The second-order valence-electron chi connectivity index (χ2n) is 8.65. The Bertz CT molecular complexity index is 1200. The number of nitrogens with one attached hydrogen (secondary N) is 1. The van der Waals surface area contributed by atoms with E-state index in [-0.39, 0.29) is 42.8 Å². The van der Waals surface area contributed by atoms with Crippen LogP contribution in [0, 0.1) is 25.5 Å². The Hall–Kier alpha value is -3.33. The number of ether oxygens (including phenoxy) is 1. The normalized spacial score (nSPS) is 14.4. The Morgan fingerprint density at radius 3 is 2.50 bits per heavy atom. The first-order valence-corrected chi connectivity index (χ1v) is 11.4. The maximum absolute atomic E-state index is 14.0. The van der Waals surface area contributed by atoms with Crippen LogP contribution in [0.25, 0.3) is 5.52 Å². The summed E-state index contributed by atoms with van der Waals surface area (Å²) in [5.74, 6) is -1.59. The van der Waals surface area contributed by atoms with Crippen molar-refractivity contribution in [3.8, 4) is 5.88 Å². The highest BCUT2D eigenvalue weighted by Crippen LogP contribution is 2.25. The zero-order valence-electron chi connectivity index (χ0n) is 19.4. The summed E-state index contributed by atoms with van der Waals surface area (Å²) in [6, 6.07) is 7.11. The lowest BCUT2D eigenvalue weighted by Crippen LogP contribution is -2.41. The molecule has 1 aromatic carbocycles. The van der Waals surface area contributed by atoms with E-state index in [0.29, 0.717) is 16.8 Å². The van der Waals surface area contributed by atoms with Gasteiger partial charge < -0.3 is 10.1 Å². The fourth-order valence-electron chi connectivity index (χ4n) is 4.27. The highest BCUT2D eigenvalue weighted by atomic mass is 19.1. The van der Waals surface area contributed by atoms with Gasteiger partial charge in [-0.2, -0.15) is 5.10 Å². The Morgan fingerprint density at radius 1 is 1.09 bits per heavy atom. The monoisotopic (exact) mass is 470 g/mol. The molecule has 1 amide bonds. The minimum Gasteiger partial charge on any atom is -0.473 e. The van der Waals surface area contributed by atoms with Crippen LogP contribution in [0.5, 0.6) is 5.88 Å². The molecule has 1 N–H and O–H groups in total. The van der Waals surface area contributed by atoms with Gasteiger partial charge >= 0.3 is 0 Å². The molecule has 2 aromatic heterocycles. The lowest BCUT2D eigenvalue weighted by molar-refractivity contribution is -0.122. The minimum atomic E-state index is -0.697. The van der Waals surface area contributed by atoms with Gasteiger partial charge in [-0.15, -0.1) is 0 Å². The van der Waals surface area contributed by atoms with Crippen LogP contribution in [0.4, 0.5) is 8.78 Å². The summed E-state index contributed by atoms with van der Waals surface area (Å²) in [5.41, 5.74) is 1.97. The van der Waals surface area contributed by atoms with Crippen molar-refractivity contribution in [1.82, 2.24) is 19.8 Å². The van der Waals surface area contributed by atoms with Crippen molar-refractivity contribution in [1.29, 1.82) is 0 Å². The molecular formula is C25H28F2N4O3. The summed E-state index contributed by atoms with van der Waals surface area (Å²) in [7, 11) is 0. The molecule has 0 saturated carbocycles. The van der Waals surface area contributed by atoms with E-state index in [1.165, 1.54) is 29.1 Å². The van der Waals surface area contributed by atoms with Gasteiger partial charge in [-0.1, -0.05) is 12.5 Å². The van der Waals surface area contributed by atoms with E-state index in [2.05, 4.69) is 15.3 Å². The summed E-state index contributed by atoms with van der Waals surface area (Å²) in [6.45, 7) is 5.13. The Kier molecular flexibility index (Phi) is 7.21. The first-order chi connectivity index (χ1) is 16.3. The number of fused-ring (bicyclic) bond motifs is 1. The number of hydrogen-bond acceptors (Lipinski definition) is 5. The van der Waals surface area contributed by atoms with Crippen molar-refractivity contribution in [3.63, 3.8) is 0 Å². The zero-order valence-corrected chi connectivity index (χ0v) is 19.4. The third kappa shape index (κ3) is 5.25. The van der Waals surface area contributed by atoms with E-state index in [0.717, 1.165) is 31.5 Å². The van der Waals surface area contributed by atoms with Crippen LogP contribution in [0.15, 0.2) is 30.3 Å². The second kappa shape index (κ2) is 10.3. The first kappa shape index (κ1) is 23.8. The van der Waals surface area contributed by atoms with E-state index < -0.39 is 11.6 Å². The molecule has 34 heavy (non-hydrogen) atoms. The van der Waals surface area contributed by atoms with E-state index in [1.807, 2.05) is 6.92 Å². The molecule has 1 saturated heterocycles. The average molecular weight is 471 g/mol. The fourth-order valence-corrected chi connectivity index (χ4v) is 4.27. The summed E-state index contributed by atoms with van der Waals surface area (Å²) < 4.78 is 35.1. The fraction of sp³-hybridized carbons (Fsp3) is 0.400. The number of Topliss-reactive ketones (excluding diaryl/α,β-unsaturated/α-hetero) is 1. The highest BCUT2D eigenvalue weighted by molar-refractivity contribution is 6.06. The number of benzene rings is 1. The molecule has 7 nitrogen and oxygen atoms in total. The summed E-state index contributed by atoms with van der Waals surface area (Å²) in [6.07, 6.45) is 3.35. The Balaban J connectivity index is 1.50. The zero-order chi connectivity index (χ0) is 24.2. The summed E-state index contributed by atoms with van der Waals surface area (Å²) in [5, 5.41) is 7.13. The van der Waals surface area contributed by atoms with Crippen molar-refractivity contribution in [2.24, 2.45) is 0 Å². The van der Waals surface area contributed by atoms with Gasteiger partial charge in [0, 0.05) is 6.07 Å². The molecule has 0 bridgehead atoms. The number of ketones is 1. The number of rotatable bonds is 8. The van der Waals surface area contributed by atoms with Gasteiger partial charge in [0.25, 0.3) is 0 Å². The maximum atomic E-state index is 14.0. The van der Waals surface area contributed by atoms with Crippen LogP contribution in [0.1, 0.15) is 46.4 Å². The first-order valence-electron chi connectivity index (χ1n) is 11.4. The Labute approximate surface area is 196 Å². The van der Waals surface area contributed by atoms with Gasteiger partial charge in [0.15, 0.2) is 5.78 Å². The van der Waals surface area contributed by atoms with Crippen LogP contribution in [0.3, 0.4) is 0 Å². The lowest BCUT2D eigenvalue weighted by atomic mass is 10.1. The number of carbonyl (C=O) groups is 2. The maximum Gasteiger partial charge on any atom is 0.234 e. The van der Waals surface area contributed by atoms with Crippen LogP contribution >= 0.6 is 0 Å². The molecule has 9 heteroatoms. The largest absolute Gasteiger partial charge is 0.473 e. The predicted molar refractivity (Wildman–Crippen MR) is 123 cm³/mol. The molecule has 0 radical (unpaired) electrons. The van der Waals surface area contributed by atoms with E-state index >= 15 is 0 Å². The van der Waals surface area contributed by atoms with E-state index in [9.17, 15) is 18.4 Å². The molecule has 4 rings (SSSR count). The van der Waals surface area contributed by atoms with Gasteiger partial charge in [0.1, 0.15) is 18.2 Å². The van der Waals surface area contributed by atoms with E-state index in [4.69, 9.17) is 4.74 Å². The number of piperidine rings is 1. The molecule has 1 aliphatic rings. The van der Waals surface area contributed by atoms with Gasteiger partial charge in [0.05, 0.1) is 35.4 Å². The number of carbonyl (C=O) groups excluding carboxylic acids is 2. The molecule has 0 spiro atoms. The number of aryl methyl sites for hydroxylation is 2. The number of pyridine rings is 1. The van der Waals surface area contributed by atoms with Gasteiger partial charge in [0.2, 0.25) is 11.8 Å². The minimum absolute atomic E-state index is 0.139. The highest BCUT2D eigenvalue weighted by Gasteiger charge is 2.21. The van der Waals surface area contributed by atoms with Crippen LogP contribution in [-0.4, -0.2) is 52.4 Å². The molecule has 3 heterocycles. The molecule has 180 valence electrons. The molecule has 0 aliphatic carbocycles. The van der Waals surface area contributed by atoms with Crippen LogP contribution in [0.2, 0.25) is 0 Å². The van der Waals surface area contributed by atoms with Crippen molar-refractivity contribution in [3.05, 3.63) is 64.4 Å². The molecule has 1 aliphatic heterocycles. The van der Waals surface area contributed by atoms with Crippen molar-refractivity contribution < 1.29 is 23.1 Å². The SMILES string of the molecule is Cc1cc(OCc2c(F)cccc2F)n2nc(C)c(C(=O)CNC(=O)CN3CCCCC3)c2c1. The van der Waals surface area contributed by atoms with Crippen molar-refractivity contribution in [2.75, 3.05) is 26.2 Å². The van der Waals surface area contributed by atoms with Crippen LogP contribution in [-0.2, 0) is 11.4 Å². The standard InChI is InChI=1S/C25H28F2N4O3/c1-16-11-21-25(22(32)13-28-23(33)14-30-9-4-3-5-10-30)17(2)29-31(21)24(12-16)34-15-18-19(26)7-6-8-20(18)27/h6-8,11-12H,3-5,9-10,13-15H2,1-2H3,(H,28,33). The smallest absolute Gasteiger partial charge is 0.234 e. The third-order valence-corrected chi connectivity index (χ3v) is 5.99. The molecule has 0 atom stereocenters. The summed E-state index contributed by atoms with van der Waals surface area (Å²) >= 11 is 0. The number of likely N-dealkylation sites (tertiary alicyclic amines) is 1. The molecular weight excluding hydrogens is 442 g/mol. The lowest BCUT2D eigenvalue weighted by Gasteiger charge is -2.25. The van der Waals surface area contributed by atoms with Crippen LogP contribution < -0.4 is 10.1 Å². The molecule has 1 fully saturated rings. The second-order valence-corrected chi connectivity index (χ2v) is 8.65. The van der Waals surface area contributed by atoms with E-state index in [1.54, 1.807) is 19.1 Å². The molecule has 0 unspecified atom stereocenters.